The van der Waals surface area contributed by atoms with E-state index in [0.717, 1.165) is 32.4 Å². The Morgan fingerprint density at radius 2 is 1.50 bits per heavy atom. The monoisotopic (exact) mass is 453 g/mol. The molecule has 1 unspecified atom stereocenters. The van der Waals surface area contributed by atoms with E-state index in [0.29, 0.717) is 63.9 Å². The molecule has 0 radical (unpaired) electrons. The molecule has 0 spiro atoms. The van der Waals surface area contributed by atoms with Crippen molar-refractivity contribution in [3.63, 3.8) is 0 Å². The zero-order valence-electron chi connectivity index (χ0n) is 19.7. The predicted molar refractivity (Wildman–Crippen MR) is 128 cm³/mol. The molecule has 1 aliphatic rings. The fraction of sp³-hybridized carbons (Fsp3) is 0.864. The Balaban J connectivity index is 1.76. The van der Waals surface area contributed by atoms with E-state index in [2.05, 4.69) is 37.8 Å². The average molecular weight is 454 g/mol. The second-order valence-electron chi connectivity index (χ2n) is 7.96. The number of ether oxygens (including phenoxy) is 3. The Labute approximate surface area is 192 Å². The molecule has 32 heavy (non-hydrogen) atoms. The molecule has 1 aromatic rings. The normalized spacial score (nSPS) is 15.8. The molecule has 184 valence electrons. The summed E-state index contributed by atoms with van der Waals surface area (Å²) in [4.78, 5) is 13.5. The summed E-state index contributed by atoms with van der Waals surface area (Å²) in [5.74, 6) is 1.67. The Morgan fingerprint density at radius 3 is 2.19 bits per heavy atom. The molecule has 1 aliphatic heterocycles. The molecule has 10 heteroatoms. The zero-order valence-corrected chi connectivity index (χ0v) is 19.7. The van der Waals surface area contributed by atoms with E-state index >= 15 is 0 Å². The molecule has 0 saturated carbocycles. The highest BCUT2D eigenvalue weighted by atomic mass is 16.5. The van der Waals surface area contributed by atoms with Crippen LogP contribution < -0.4 is 21.7 Å². The zero-order chi connectivity index (χ0) is 22.7. The van der Waals surface area contributed by atoms with Gasteiger partial charge in [0.1, 0.15) is 0 Å². The van der Waals surface area contributed by atoms with Crippen LogP contribution in [-0.2, 0) is 14.2 Å². The van der Waals surface area contributed by atoms with Gasteiger partial charge in [0.2, 0.25) is 17.8 Å². The summed E-state index contributed by atoms with van der Waals surface area (Å²) < 4.78 is 16.5. The number of anilines is 3. The van der Waals surface area contributed by atoms with Gasteiger partial charge in [0.25, 0.3) is 0 Å². The SMILES string of the molecule is CCCCCCCCNc1nc(NCCOCCOCCN)nc(NCC2CCCO2)n1. The fourth-order valence-corrected chi connectivity index (χ4v) is 3.37. The maximum atomic E-state index is 5.68. The van der Waals surface area contributed by atoms with Crippen LogP contribution in [0, 0.1) is 0 Å². The number of hydrogen-bond acceptors (Lipinski definition) is 10. The van der Waals surface area contributed by atoms with E-state index in [-0.39, 0.29) is 6.10 Å². The number of nitrogens with one attached hydrogen (secondary N) is 3. The second kappa shape index (κ2) is 17.8. The molecule has 1 fully saturated rings. The lowest BCUT2D eigenvalue weighted by molar-refractivity contribution is 0.0547. The lowest BCUT2D eigenvalue weighted by Gasteiger charge is -2.13. The third kappa shape index (κ3) is 12.3. The van der Waals surface area contributed by atoms with E-state index in [1.165, 1.54) is 32.1 Å². The van der Waals surface area contributed by atoms with Crippen molar-refractivity contribution in [2.75, 3.05) is 75.2 Å². The summed E-state index contributed by atoms with van der Waals surface area (Å²) in [7, 11) is 0. The van der Waals surface area contributed by atoms with Crippen LogP contribution in [0.5, 0.6) is 0 Å². The summed E-state index contributed by atoms with van der Waals surface area (Å²) in [5, 5.41) is 9.86. The lowest BCUT2D eigenvalue weighted by Crippen LogP contribution is -2.21. The van der Waals surface area contributed by atoms with Gasteiger partial charge in [0, 0.05) is 32.8 Å². The van der Waals surface area contributed by atoms with Crippen LogP contribution in [0.25, 0.3) is 0 Å². The highest BCUT2D eigenvalue weighted by molar-refractivity contribution is 5.42. The van der Waals surface area contributed by atoms with Crippen molar-refractivity contribution < 1.29 is 14.2 Å². The van der Waals surface area contributed by atoms with Gasteiger partial charge in [0.15, 0.2) is 0 Å². The summed E-state index contributed by atoms with van der Waals surface area (Å²) in [5.41, 5.74) is 5.39. The summed E-state index contributed by atoms with van der Waals surface area (Å²) in [6, 6.07) is 0. The van der Waals surface area contributed by atoms with Gasteiger partial charge in [0.05, 0.1) is 32.5 Å². The maximum Gasteiger partial charge on any atom is 0.229 e. The highest BCUT2D eigenvalue weighted by Gasteiger charge is 2.16. The van der Waals surface area contributed by atoms with E-state index < -0.39 is 0 Å². The Hall–Kier alpha value is -1.75. The van der Waals surface area contributed by atoms with Crippen molar-refractivity contribution in [1.82, 2.24) is 15.0 Å². The van der Waals surface area contributed by atoms with Crippen molar-refractivity contribution >= 4 is 17.8 Å². The predicted octanol–water partition coefficient (Wildman–Crippen LogP) is 2.64. The van der Waals surface area contributed by atoms with Crippen molar-refractivity contribution in [2.24, 2.45) is 5.73 Å². The number of unbranched alkanes of at least 4 members (excludes halogenated alkanes) is 5. The molecule has 1 saturated heterocycles. The van der Waals surface area contributed by atoms with Gasteiger partial charge in [-0.3, -0.25) is 0 Å². The van der Waals surface area contributed by atoms with Crippen LogP contribution in [0.4, 0.5) is 17.8 Å². The Bertz CT molecular complexity index is 589. The third-order valence-corrected chi connectivity index (χ3v) is 5.12. The van der Waals surface area contributed by atoms with Crippen LogP contribution in [0.3, 0.4) is 0 Å². The quantitative estimate of drug-likeness (QED) is 0.219. The molecule has 1 aromatic heterocycles. The second-order valence-corrected chi connectivity index (χ2v) is 7.96. The standard InChI is InChI=1S/C22H43N7O3/c1-2-3-4-5-6-7-11-24-20-27-21(25-12-15-31-17-16-30-14-10-23)29-22(28-20)26-18-19-9-8-13-32-19/h19H,2-18,23H2,1H3,(H3,24,25,26,27,28,29). The third-order valence-electron chi connectivity index (χ3n) is 5.12. The molecule has 1 atom stereocenters. The smallest absolute Gasteiger partial charge is 0.229 e. The van der Waals surface area contributed by atoms with Gasteiger partial charge in [-0.15, -0.1) is 0 Å². The molecule has 2 heterocycles. The first-order valence-electron chi connectivity index (χ1n) is 12.3. The van der Waals surface area contributed by atoms with Gasteiger partial charge in [-0.25, -0.2) is 0 Å². The lowest BCUT2D eigenvalue weighted by atomic mass is 10.1. The largest absolute Gasteiger partial charge is 0.378 e. The van der Waals surface area contributed by atoms with E-state index in [1.54, 1.807) is 0 Å². The molecule has 0 amide bonds. The van der Waals surface area contributed by atoms with Crippen molar-refractivity contribution in [2.45, 2.75) is 64.4 Å². The molecule has 0 aromatic carbocycles. The van der Waals surface area contributed by atoms with Gasteiger partial charge >= 0.3 is 0 Å². The van der Waals surface area contributed by atoms with Crippen molar-refractivity contribution in [3.05, 3.63) is 0 Å². The number of nitrogens with two attached hydrogens (primary N) is 1. The summed E-state index contributed by atoms with van der Waals surface area (Å²) in [6.07, 6.45) is 9.92. The number of nitrogens with zero attached hydrogens (tertiary/aromatic N) is 3. The van der Waals surface area contributed by atoms with E-state index in [4.69, 9.17) is 19.9 Å². The number of rotatable bonds is 20. The fourth-order valence-electron chi connectivity index (χ4n) is 3.37. The molecule has 5 N–H and O–H groups in total. The van der Waals surface area contributed by atoms with Gasteiger partial charge in [-0.2, -0.15) is 15.0 Å². The van der Waals surface area contributed by atoms with Crippen LogP contribution in [-0.4, -0.2) is 80.3 Å². The van der Waals surface area contributed by atoms with Crippen LogP contribution in [0.1, 0.15) is 58.3 Å². The Morgan fingerprint density at radius 1 is 0.844 bits per heavy atom. The van der Waals surface area contributed by atoms with Crippen molar-refractivity contribution in [1.29, 1.82) is 0 Å². The van der Waals surface area contributed by atoms with E-state index in [1.807, 2.05) is 0 Å². The van der Waals surface area contributed by atoms with Gasteiger partial charge in [-0.05, 0) is 19.3 Å². The molecule has 10 nitrogen and oxygen atoms in total. The maximum absolute atomic E-state index is 5.68. The molecular formula is C22H43N7O3. The molecular weight excluding hydrogens is 410 g/mol. The first kappa shape index (κ1) is 26.5. The van der Waals surface area contributed by atoms with Gasteiger partial charge in [-0.1, -0.05) is 39.0 Å². The minimum atomic E-state index is 0.220. The molecule has 0 aliphatic carbocycles. The van der Waals surface area contributed by atoms with Gasteiger partial charge < -0.3 is 35.9 Å². The minimum absolute atomic E-state index is 0.220. The summed E-state index contributed by atoms with van der Waals surface area (Å²) >= 11 is 0. The molecule has 2 rings (SSSR count). The highest BCUT2D eigenvalue weighted by Crippen LogP contribution is 2.14. The van der Waals surface area contributed by atoms with Crippen LogP contribution in [0.2, 0.25) is 0 Å². The average Bonchev–Trinajstić information content (AvgIpc) is 3.33. The van der Waals surface area contributed by atoms with Crippen LogP contribution in [0.15, 0.2) is 0 Å². The number of aromatic nitrogens is 3. The summed E-state index contributed by atoms with van der Waals surface area (Å²) in [6.45, 7) is 7.94. The first-order chi connectivity index (χ1) is 15.8. The van der Waals surface area contributed by atoms with E-state index in [9.17, 15) is 0 Å². The first-order valence-corrected chi connectivity index (χ1v) is 12.3. The number of hydrogen-bond donors (Lipinski definition) is 4. The Kier molecular flexibility index (Phi) is 14.7. The minimum Gasteiger partial charge on any atom is -0.378 e. The van der Waals surface area contributed by atoms with Crippen LogP contribution >= 0.6 is 0 Å². The topological polar surface area (TPSA) is 128 Å². The molecule has 0 bridgehead atoms. The van der Waals surface area contributed by atoms with Crippen molar-refractivity contribution in [3.8, 4) is 0 Å².